The van der Waals surface area contributed by atoms with Crippen LogP contribution in [-0.4, -0.2) is 20.8 Å². The fraction of sp³-hybridized carbons (Fsp3) is 0. The minimum Gasteiger partial charge on any atom is -0.506 e. The fourth-order valence-electron chi connectivity index (χ4n) is 1.83. The van der Waals surface area contributed by atoms with Gasteiger partial charge in [-0.3, -0.25) is 9.59 Å². The molecule has 23 heavy (non-hydrogen) atoms. The Balaban J connectivity index is 2.42. The number of phenolic OH excluding ortho intramolecular Hbond substituents is 1. The number of aromatic hydroxyl groups is 1. The third-order valence-electron chi connectivity index (χ3n) is 2.93. The molecule has 0 aliphatic heterocycles. The number of allylic oxidation sites excluding steroid dienone is 3. The van der Waals surface area contributed by atoms with Crippen molar-refractivity contribution in [3.05, 3.63) is 89.5 Å². The summed E-state index contributed by atoms with van der Waals surface area (Å²) in [5, 5.41) is 16.4. The zero-order chi connectivity index (χ0) is 16.8. The summed E-state index contributed by atoms with van der Waals surface area (Å²) < 4.78 is 1.26. The summed E-state index contributed by atoms with van der Waals surface area (Å²) in [6, 6.07) is 7.67. The number of para-hydroxylation sites is 2. The fourth-order valence-corrected chi connectivity index (χ4v) is 1.83. The van der Waals surface area contributed by atoms with Crippen molar-refractivity contribution < 1.29 is 9.90 Å². The van der Waals surface area contributed by atoms with Gasteiger partial charge in [0.2, 0.25) is 5.43 Å². The number of phenols is 1. The number of carbonyl (C=O) groups excluding carboxylic acids is 1. The number of hydrogen-bond acceptors (Lipinski definition) is 4. The van der Waals surface area contributed by atoms with Crippen LogP contribution in [0.3, 0.4) is 0 Å². The van der Waals surface area contributed by atoms with E-state index in [9.17, 15) is 14.7 Å². The number of amides is 1. The number of nitrogens with zero attached hydrogens (tertiary/aromatic N) is 2. The van der Waals surface area contributed by atoms with Crippen molar-refractivity contribution in [3.8, 4) is 11.4 Å². The molecule has 0 saturated carbocycles. The Morgan fingerprint density at radius 3 is 2.65 bits per heavy atom. The zero-order valence-electron chi connectivity index (χ0n) is 12.3. The van der Waals surface area contributed by atoms with E-state index in [-0.39, 0.29) is 11.4 Å². The number of hydrogen-bond donors (Lipinski definition) is 2. The van der Waals surface area contributed by atoms with Gasteiger partial charge in [0.15, 0.2) is 5.69 Å². The maximum absolute atomic E-state index is 12.2. The third kappa shape index (κ3) is 3.62. The lowest BCUT2D eigenvalue weighted by Crippen LogP contribution is -2.30. The van der Waals surface area contributed by atoms with Crippen LogP contribution in [0.2, 0.25) is 0 Å². The molecule has 0 aliphatic carbocycles. The van der Waals surface area contributed by atoms with E-state index >= 15 is 0 Å². The van der Waals surface area contributed by atoms with Crippen molar-refractivity contribution in [3.63, 3.8) is 0 Å². The van der Waals surface area contributed by atoms with Crippen molar-refractivity contribution >= 4 is 5.91 Å². The summed E-state index contributed by atoms with van der Waals surface area (Å²) in [4.78, 5) is 24.1. The van der Waals surface area contributed by atoms with Crippen molar-refractivity contribution in [2.24, 2.45) is 0 Å². The Morgan fingerprint density at radius 1 is 1.26 bits per heavy atom. The molecule has 6 heteroatoms. The molecule has 0 radical (unpaired) electrons. The predicted molar refractivity (Wildman–Crippen MR) is 87.4 cm³/mol. The van der Waals surface area contributed by atoms with E-state index in [2.05, 4.69) is 23.6 Å². The lowest BCUT2D eigenvalue weighted by Gasteiger charge is -2.09. The number of benzene rings is 1. The Kier molecular flexibility index (Phi) is 4.89. The highest BCUT2D eigenvalue weighted by molar-refractivity contribution is 5.93. The van der Waals surface area contributed by atoms with Crippen LogP contribution in [0.5, 0.6) is 5.75 Å². The Bertz CT molecular complexity index is 850. The molecule has 1 aromatic heterocycles. The molecule has 116 valence electrons. The molecule has 2 aromatic rings. The molecular weight excluding hydrogens is 294 g/mol. The highest BCUT2D eigenvalue weighted by atomic mass is 16.3. The highest BCUT2D eigenvalue weighted by Crippen LogP contribution is 2.18. The van der Waals surface area contributed by atoms with E-state index in [0.717, 1.165) is 0 Å². The Labute approximate surface area is 132 Å². The molecule has 1 amide bonds. The monoisotopic (exact) mass is 309 g/mol. The number of carbonyl (C=O) groups is 1. The minimum absolute atomic E-state index is 0.0201. The zero-order valence-corrected chi connectivity index (χ0v) is 12.3. The summed E-state index contributed by atoms with van der Waals surface area (Å²) in [5.41, 5.74) is -0.0833. The summed E-state index contributed by atoms with van der Waals surface area (Å²) in [5.74, 6) is -0.693. The quantitative estimate of drug-likeness (QED) is 0.827. The third-order valence-corrected chi connectivity index (χ3v) is 2.93. The van der Waals surface area contributed by atoms with Crippen molar-refractivity contribution in [1.82, 2.24) is 15.1 Å². The van der Waals surface area contributed by atoms with Gasteiger partial charge in [-0.05, 0) is 24.3 Å². The van der Waals surface area contributed by atoms with E-state index in [4.69, 9.17) is 0 Å². The maximum atomic E-state index is 12.2. The molecule has 1 aromatic carbocycles. The topological polar surface area (TPSA) is 84.2 Å². The van der Waals surface area contributed by atoms with Gasteiger partial charge in [0.1, 0.15) is 11.4 Å². The van der Waals surface area contributed by atoms with E-state index in [1.54, 1.807) is 18.2 Å². The van der Waals surface area contributed by atoms with Gasteiger partial charge in [-0.15, -0.1) is 0 Å². The van der Waals surface area contributed by atoms with E-state index in [1.165, 1.54) is 41.2 Å². The van der Waals surface area contributed by atoms with Gasteiger partial charge in [-0.1, -0.05) is 31.4 Å². The second kappa shape index (κ2) is 7.04. The van der Waals surface area contributed by atoms with Gasteiger partial charge < -0.3 is 10.4 Å². The summed E-state index contributed by atoms with van der Waals surface area (Å²) >= 11 is 0. The van der Waals surface area contributed by atoms with E-state index in [0.29, 0.717) is 11.4 Å². The average Bonchev–Trinajstić information content (AvgIpc) is 2.55. The maximum Gasteiger partial charge on any atom is 0.280 e. The molecule has 0 aliphatic rings. The molecule has 0 unspecified atom stereocenters. The first-order valence-electron chi connectivity index (χ1n) is 6.71. The molecule has 0 spiro atoms. The smallest absolute Gasteiger partial charge is 0.280 e. The molecule has 2 rings (SSSR count). The SMILES string of the molecule is C=C/C=C(\C=C)NC(=O)c1nn(-c2ccccc2O)ccc1=O. The lowest BCUT2D eigenvalue weighted by molar-refractivity contribution is 0.0959. The molecule has 2 N–H and O–H groups in total. The van der Waals surface area contributed by atoms with E-state index < -0.39 is 11.3 Å². The molecular formula is C17H15N3O3. The standard InChI is InChI=1S/C17H15N3O3/c1-3-7-12(4-2)18-17(23)16-15(22)10-11-20(19-16)13-8-5-6-9-14(13)21/h3-11,21H,1-2H2,(H,18,23)/b12-7+. The number of rotatable bonds is 5. The van der Waals surface area contributed by atoms with Crippen LogP contribution in [0.15, 0.2) is 78.4 Å². The molecule has 6 nitrogen and oxygen atoms in total. The minimum atomic E-state index is -0.673. The van der Waals surface area contributed by atoms with Crippen LogP contribution in [-0.2, 0) is 0 Å². The van der Waals surface area contributed by atoms with Crippen LogP contribution in [0.1, 0.15) is 10.5 Å². The van der Waals surface area contributed by atoms with Gasteiger partial charge >= 0.3 is 0 Å². The predicted octanol–water partition coefficient (Wildman–Crippen LogP) is 1.92. The second-order valence-corrected chi connectivity index (χ2v) is 4.48. The highest BCUT2D eigenvalue weighted by Gasteiger charge is 2.14. The van der Waals surface area contributed by atoms with Crippen molar-refractivity contribution in [2.45, 2.75) is 0 Å². The average molecular weight is 309 g/mol. The molecule has 0 saturated heterocycles. The molecule has 1 heterocycles. The summed E-state index contributed by atoms with van der Waals surface area (Å²) in [7, 11) is 0. The van der Waals surface area contributed by atoms with Crippen molar-refractivity contribution in [2.75, 3.05) is 0 Å². The van der Waals surface area contributed by atoms with Gasteiger partial charge in [-0.25, -0.2) is 4.68 Å². The first-order chi connectivity index (χ1) is 11.1. The lowest BCUT2D eigenvalue weighted by atomic mass is 10.3. The van der Waals surface area contributed by atoms with Gasteiger partial charge in [0.25, 0.3) is 5.91 Å². The van der Waals surface area contributed by atoms with Crippen LogP contribution in [0.25, 0.3) is 5.69 Å². The van der Waals surface area contributed by atoms with Gasteiger partial charge in [-0.2, -0.15) is 5.10 Å². The van der Waals surface area contributed by atoms with Crippen LogP contribution in [0.4, 0.5) is 0 Å². The normalized spacial score (nSPS) is 10.9. The van der Waals surface area contributed by atoms with Crippen LogP contribution in [0, 0.1) is 0 Å². The Hall–Kier alpha value is -3.41. The Morgan fingerprint density at radius 2 is 2.00 bits per heavy atom. The summed E-state index contributed by atoms with van der Waals surface area (Å²) in [6.45, 7) is 7.08. The first kappa shape index (κ1) is 16.0. The molecule has 0 fully saturated rings. The molecule has 0 bridgehead atoms. The van der Waals surface area contributed by atoms with Crippen molar-refractivity contribution in [1.29, 1.82) is 0 Å². The molecule has 0 atom stereocenters. The second-order valence-electron chi connectivity index (χ2n) is 4.48. The van der Waals surface area contributed by atoms with Crippen LogP contribution >= 0.6 is 0 Å². The largest absolute Gasteiger partial charge is 0.506 e. The van der Waals surface area contributed by atoms with Gasteiger partial charge in [0.05, 0.1) is 0 Å². The number of nitrogens with one attached hydrogen (secondary N) is 1. The van der Waals surface area contributed by atoms with E-state index in [1.807, 2.05) is 0 Å². The first-order valence-corrected chi connectivity index (χ1v) is 6.71. The van der Waals surface area contributed by atoms with Crippen LogP contribution < -0.4 is 10.7 Å². The summed E-state index contributed by atoms with van der Waals surface area (Å²) in [6.07, 6.45) is 5.82. The number of aromatic nitrogens is 2. The van der Waals surface area contributed by atoms with Gasteiger partial charge in [0, 0.05) is 18.0 Å².